The minimum atomic E-state index is 0.220. The van der Waals surface area contributed by atoms with Crippen LogP contribution in [0.15, 0.2) is 28.7 Å². The predicted molar refractivity (Wildman–Crippen MR) is 63.0 cm³/mol. The van der Waals surface area contributed by atoms with Crippen LogP contribution in [0.5, 0.6) is 0 Å². The molecule has 1 fully saturated rings. The van der Waals surface area contributed by atoms with Gasteiger partial charge in [0.15, 0.2) is 0 Å². The Balaban J connectivity index is 1.98. The molecule has 2 heteroatoms. The zero-order valence-electron chi connectivity index (χ0n) is 8.25. The molecule has 1 nitrogen and oxygen atoms in total. The first-order valence-corrected chi connectivity index (χ1v) is 6.06. The molecule has 0 radical (unpaired) electrons. The molecule has 0 aromatic heterocycles. The van der Waals surface area contributed by atoms with Crippen LogP contribution in [-0.4, -0.2) is 0 Å². The van der Waals surface area contributed by atoms with E-state index in [-0.39, 0.29) is 6.04 Å². The van der Waals surface area contributed by atoms with Gasteiger partial charge in [0.05, 0.1) is 0 Å². The zero-order chi connectivity index (χ0) is 9.97. The number of nitrogens with two attached hydrogens (primary N) is 1. The summed E-state index contributed by atoms with van der Waals surface area (Å²) in [5.74, 6) is 0.879. The zero-order valence-corrected chi connectivity index (χ0v) is 9.83. The Bertz CT molecular complexity index is 307. The fourth-order valence-electron chi connectivity index (χ4n) is 1.96. The summed E-state index contributed by atoms with van der Waals surface area (Å²) in [4.78, 5) is 0. The van der Waals surface area contributed by atoms with Gasteiger partial charge in [-0.1, -0.05) is 47.3 Å². The molecule has 2 rings (SSSR count). The van der Waals surface area contributed by atoms with E-state index in [2.05, 4.69) is 34.1 Å². The monoisotopic (exact) mass is 253 g/mol. The normalized spacial score (nSPS) is 19.0. The SMILES string of the molecule is NC(CC1CCC1)c1cccc(Br)c1. The Morgan fingerprint density at radius 3 is 2.79 bits per heavy atom. The van der Waals surface area contributed by atoms with E-state index in [1.165, 1.54) is 24.8 Å². The predicted octanol–water partition coefficient (Wildman–Crippen LogP) is 3.64. The highest BCUT2D eigenvalue weighted by molar-refractivity contribution is 9.10. The maximum Gasteiger partial charge on any atom is 0.0297 e. The van der Waals surface area contributed by atoms with E-state index in [4.69, 9.17) is 5.73 Å². The second kappa shape index (κ2) is 4.45. The van der Waals surface area contributed by atoms with Gasteiger partial charge in [-0.3, -0.25) is 0 Å². The molecule has 1 aliphatic rings. The molecule has 1 aliphatic carbocycles. The molecule has 0 aliphatic heterocycles. The summed E-state index contributed by atoms with van der Waals surface area (Å²) in [7, 11) is 0. The van der Waals surface area contributed by atoms with Gasteiger partial charge in [0.25, 0.3) is 0 Å². The third kappa shape index (κ3) is 2.37. The highest BCUT2D eigenvalue weighted by atomic mass is 79.9. The van der Waals surface area contributed by atoms with E-state index >= 15 is 0 Å². The lowest BCUT2D eigenvalue weighted by molar-refractivity contribution is 0.277. The minimum absolute atomic E-state index is 0.220. The number of rotatable bonds is 3. The second-order valence-electron chi connectivity index (χ2n) is 4.19. The van der Waals surface area contributed by atoms with Crippen molar-refractivity contribution in [2.75, 3.05) is 0 Å². The third-order valence-corrected chi connectivity index (χ3v) is 3.58. The van der Waals surface area contributed by atoms with Crippen molar-refractivity contribution in [2.45, 2.75) is 31.7 Å². The molecule has 1 atom stereocenters. The number of hydrogen-bond donors (Lipinski definition) is 1. The third-order valence-electron chi connectivity index (χ3n) is 3.09. The van der Waals surface area contributed by atoms with Crippen molar-refractivity contribution >= 4 is 15.9 Å². The molecule has 0 amide bonds. The summed E-state index contributed by atoms with van der Waals surface area (Å²) >= 11 is 3.47. The molecule has 76 valence electrons. The van der Waals surface area contributed by atoms with Gasteiger partial charge < -0.3 is 5.73 Å². The number of halogens is 1. The van der Waals surface area contributed by atoms with Crippen LogP contribution in [0.25, 0.3) is 0 Å². The van der Waals surface area contributed by atoms with Crippen LogP contribution in [0.1, 0.15) is 37.3 Å². The lowest BCUT2D eigenvalue weighted by Gasteiger charge is -2.28. The summed E-state index contributed by atoms with van der Waals surface area (Å²) in [6.45, 7) is 0. The standard InChI is InChI=1S/C12H16BrN/c13-11-6-2-5-10(8-11)12(14)7-9-3-1-4-9/h2,5-6,8-9,12H,1,3-4,7,14H2. The van der Waals surface area contributed by atoms with Crippen molar-refractivity contribution in [3.05, 3.63) is 34.3 Å². The quantitative estimate of drug-likeness (QED) is 0.875. The minimum Gasteiger partial charge on any atom is -0.324 e. The Labute approximate surface area is 93.8 Å². The van der Waals surface area contributed by atoms with Crippen LogP contribution in [0, 0.1) is 5.92 Å². The average molecular weight is 254 g/mol. The van der Waals surface area contributed by atoms with E-state index in [9.17, 15) is 0 Å². The first kappa shape index (κ1) is 10.2. The maximum absolute atomic E-state index is 6.15. The number of benzene rings is 1. The summed E-state index contributed by atoms with van der Waals surface area (Å²) in [5.41, 5.74) is 7.41. The van der Waals surface area contributed by atoms with Crippen molar-refractivity contribution in [2.24, 2.45) is 11.7 Å². The molecule has 0 bridgehead atoms. The van der Waals surface area contributed by atoms with Crippen LogP contribution in [0.4, 0.5) is 0 Å². The fraction of sp³-hybridized carbons (Fsp3) is 0.500. The first-order valence-electron chi connectivity index (χ1n) is 5.27. The summed E-state index contributed by atoms with van der Waals surface area (Å²) in [6.07, 6.45) is 5.30. The topological polar surface area (TPSA) is 26.0 Å². The van der Waals surface area contributed by atoms with Crippen molar-refractivity contribution in [3.8, 4) is 0 Å². The van der Waals surface area contributed by atoms with Gasteiger partial charge in [0.2, 0.25) is 0 Å². The van der Waals surface area contributed by atoms with Crippen LogP contribution in [0.3, 0.4) is 0 Å². The Morgan fingerprint density at radius 1 is 1.43 bits per heavy atom. The second-order valence-corrected chi connectivity index (χ2v) is 5.11. The molecule has 1 aromatic rings. The molecule has 2 N–H and O–H groups in total. The molecular weight excluding hydrogens is 238 g/mol. The fourth-order valence-corrected chi connectivity index (χ4v) is 2.38. The van der Waals surface area contributed by atoms with Gasteiger partial charge >= 0.3 is 0 Å². The molecule has 1 saturated carbocycles. The Kier molecular flexibility index (Phi) is 3.24. The van der Waals surface area contributed by atoms with Gasteiger partial charge in [-0.25, -0.2) is 0 Å². The van der Waals surface area contributed by atoms with Crippen molar-refractivity contribution in [3.63, 3.8) is 0 Å². The van der Waals surface area contributed by atoms with Crippen LogP contribution in [-0.2, 0) is 0 Å². The van der Waals surface area contributed by atoms with Crippen LogP contribution in [0.2, 0.25) is 0 Å². The van der Waals surface area contributed by atoms with E-state index < -0.39 is 0 Å². The lowest BCUT2D eigenvalue weighted by Crippen LogP contribution is -2.19. The molecule has 0 heterocycles. The lowest BCUT2D eigenvalue weighted by atomic mass is 9.80. The van der Waals surface area contributed by atoms with Gasteiger partial charge in [-0.15, -0.1) is 0 Å². The van der Waals surface area contributed by atoms with Crippen molar-refractivity contribution in [1.29, 1.82) is 0 Å². The van der Waals surface area contributed by atoms with Crippen molar-refractivity contribution in [1.82, 2.24) is 0 Å². The molecule has 1 unspecified atom stereocenters. The molecule has 14 heavy (non-hydrogen) atoms. The van der Waals surface area contributed by atoms with E-state index in [1.54, 1.807) is 0 Å². The van der Waals surface area contributed by atoms with Gasteiger partial charge in [0, 0.05) is 10.5 Å². The Morgan fingerprint density at radius 2 is 2.21 bits per heavy atom. The first-order chi connectivity index (χ1) is 6.75. The van der Waals surface area contributed by atoms with E-state index in [0.29, 0.717) is 0 Å². The van der Waals surface area contributed by atoms with Gasteiger partial charge in [0.1, 0.15) is 0 Å². The van der Waals surface area contributed by atoms with E-state index in [1.807, 2.05) is 6.07 Å². The van der Waals surface area contributed by atoms with Gasteiger partial charge in [-0.05, 0) is 30.0 Å². The molecule has 0 spiro atoms. The summed E-state index contributed by atoms with van der Waals surface area (Å²) in [6, 6.07) is 8.56. The highest BCUT2D eigenvalue weighted by Crippen LogP contribution is 2.34. The maximum atomic E-state index is 6.15. The Hall–Kier alpha value is -0.340. The highest BCUT2D eigenvalue weighted by Gasteiger charge is 2.20. The van der Waals surface area contributed by atoms with Crippen LogP contribution < -0.4 is 5.73 Å². The van der Waals surface area contributed by atoms with Crippen LogP contribution >= 0.6 is 15.9 Å². The number of hydrogen-bond acceptors (Lipinski definition) is 1. The molecule has 1 aromatic carbocycles. The average Bonchev–Trinajstić information content (AvgIpc) is 2.11. The van der Waals surface area contributed by atoms with E-state index in [0.717, 1.165) is 16.8 Å². The molecule has 0 saturated heterocycles. The molecular formula is C12H16BrN. The summed E-state index contributed by atoms with van der Waals surface area (Å²) < 4.78 is 1.12. The smallest absolute Gasteiger partial charge is 0.0297 e. The largest absolute Gasteiger partial charge is 0.324 e. The summed E-state index contributed by atoms with van der Waals surface area (Å²) in [5, 5.41) is 0. The van der Waals surface area contributed by atoms with Gasteiger partial charge in [-0.2, -0.15) is 0 Å². The van der Waals surface area contributed by atoms with Crippen molar-refractivity contribution < 1.29 is 0 Å².